The SMILES string of the molecule is CC(=O)OOC1(C)OCCO1. The van der Waals surface area contributed by atoms with E-state index in [2.05, 4.69) is 9.78 Å². The molecule has 0 aliphatic carbocycles. The number of hydrogen-bond donors (Lipinski definition) is 0. The molecular formula is C6H10O5. The van der Waals surface area contributed by atoms with Crippen LogP contribution in [0.3, 0.4) is 0 Å². The molecule has 1 heterocycles. The molecule has 0 bridgehead atoms. The van der Waals surface area contributed by atoms with Crippen LogP contribution in [0, 0.1) is 0 Å². The molecule has 0 amide bonds. The summed E-state index contributed by atoms with van der Waals surface area (Å²) in [5.41, 5.74) is 0. The van der Waals surface area contributed by atoms with Gasteiger partial charge in [0.2, 0.25) is 0 Å². The van der Waals surface area contributed by atoms with Crippen LogP contribution in [-0.4, -0.2) is 25.2 Å². The first-order valence-electron chi connectivity index (χ1n) is 3.26. The van der Waals surface area contributed by atoms with E-state index in [9.17, 15) is 4.79 Å². The lowest BCUT2D eigenvalue weighted by atomic mass is 10.7. The molecule has 0 unspecified atom stereocenters. The maximum Gasteiger partial charge on any atom is 0.339 e. The number of ether oxygens (including phenoxy) is 2. The van der Waals surface area contributed by atoms with E-state index in [1.54, 1.807) is 0 Å². The first kappa shape index (κ1) is 8.45. The fraction of sp³-hybridized carbons (Fsp3) is 0.833. The molecule has 1 fully saturated rings. The van der Waals surface area contributed by atoms with Gasteiger partial charge in [0.15, 0.2) is 0 Å². The topological polar surface area (TPSA) is 54.0 Å². The Morgan fingerprint density at radius 2 is 2.00 bits per heavy atom. The van der Waals surface area contributed by atoms with Crippen molar-refractivity contribution >= 4 is 5.97 Å². The summed E-state index contributed by atoms with van der Waals surface area (Å²) in [5.74, 6) is -1.75. The third kappa shape index (κ3) is 2.45. The first-order chi connectivity index (χ1) is 5.12. The predicted molar refractivity (Wildman–Crippen MR) is 33.2 cm³/mol. The highest BCUT2D eigenvalue weighted by molar-refractivity contribution is 5.65. The third-order valence-electron chi connectivity index (χ3n) is 1.12. The van der Waals surface area contributed by atoms with Gasteiger partial charge in [-0.15, -0.1) is 4.89 Å². The Kier molecular flexibility index (Phi) is 2.43. The lowest BCUT2D eigenvalue weighted by molar-refractivity contribution is -0.453. The van der Waals surface area contributed by atoms with Gasteiger partial charge >= 0.3 is 11.9 Å². The van der Waals surface area contributed by atoms with E-state index < -0.39 is 11.9 Å². The molecule has 1 rings (SSSR count). The Morgan fingerprint density at radius 3 is 2.45 bits per heavy atom. The second-order valence-corrected chi connectivity index (χ2v) is 2.22. The Balaban J connectivity index is 2.28. The second kappa shape index (κ2) is 3.17. The van der Waals surface area contributed by atoms with Gasteiger partial charge in [0, 0.05) is 13.8 Å². The third-order valence-corrected chi connectivity index (χ3v) is 1.12. The molecule has 0 aromatic carbocycles. The Hall–Kier alpha value is -0.650. The van der Waals surface area contributed by atoms with E-state index in [0.29, 0.717) is 13.2 Å². The molecule has 1 aliphatic rings. The predicted octanol–water partition coefficient (Wildman–Crippen LogP) is 0.202. The lowest BCUT2D eigenvalue weighted by Gasteiger charge is -2.18. The smallest absolute Gasteiger partial charge is 0.323 e. The first-order valence-corrected chi connectivity index (χ1v) is 3.26. The highest BCUT2D eigenvalue weighted by atomic mass is 17.3. The molecule has 0 spiro atoms. The Labute approximate surface area is 64.1 Å². The summed E-state index contributed by atoms with van der Waals surface area (Å²) >= 11 is 0. The molecule has 1 saturated heterocycles. The van der Waals surface area contributed by atoms with Crippen LogP contribution in [0.2, 0.25) is 0 Å². The maximum absolute atomic E-state index is 10.3. The van der Waals surface area contributed by atoms with Crippen molar-refractivity contribution in [1.82, 2.24) is 0 Å². The van der Waals surface area contributed by atoms with Crippen molar-refractivity contribution in [2.75, 3.05) is 13.2 Å². The monoisotopic (exact) mass is 162 g/mol. The second-order valence-electron chi connectivity index (χ2n) is 2.22. The van der Waals surface area contributed by atoms with Crippen molar-refractivity contribution in [2.45, 2.75) is 19.8 Å². The van der Waals surface area contributed by atoms with Gasteiger partial charge in [-0.25, -0.2) is 4.79 Å². The molecule has 5 nitrogen and oxygen atoms in total. The molecule has 64 valence electrons. The molecule has 0 saturated carbocycles. The average molecular weight is 162 g/mol. The Morgan fingerprint density at radius 1 is 1.45 bits per heavy atom. The van der Waals surface area contributed by atoms with Gasteiger partial charge in [0.25, 0.3) is 0 Å². The quantitative estimate of drug-likeness (QED) is 0.429. The van der Waals surface area contributed by atoms with E-state index in [4.69, 9.17) is 9.47 Å². The van der Waals surface area contributed by atoms with Crippen LogP contribution in [0.5, 0.6) is 0 Å². The van der Waals surface area contributed by atoms with Crippen LogP contribution in [0.4, 0.5) is 0 Å². The largest absolute Gasteiger partial charge is 0.339 e. The molecule has 5 heteroatoms. The summed E-state index contributed by atoms with van der Waals surface area (Å²) in [6.07, 6.45) is 0. The molecular weight excluding hydrogens is 152 g/mol. The summed E-state index contributed by atoms with van der Waals surface area (Å²) < 4.78 is 9.94. The number of hydrogen-bond acceptors (Lipinski definition) is 5. The number of rotatable bonds is 2. The van der Waals surface area contributed by atoms with Crippen LogP contribution >= 0.6 is 0 Å². The minimum atomic E-state index is -1.22. The molecule has 0 radical (unpaired) electrons. The van der Waals surface area contributed by atoms with Crippen molar-refractivity contribution in [3.63, 3.8) is 0 Å². The summed E-state index contributed by atoms with van der Waals surface area (Å²) in [7, 11) is 0. The lowest BCUT2D eigenvalue weighted by Crippen LogP contribution is -2.30. The minimum Gasteiger partial charge on any atom is -0.323 e. The zero-order chi connectivity index (χ0) is 8.32. The van der Waals surface area contributed by atoms with Crippen LogP contribution in [0.25, 0.3) is 0 Å². The zero-order valence-corrected chi connectivity index (χ0v) is 6.46. The van der Waals surface area contributed by atoms with E-state index in [1.807, 2.05) is 0 Å². The van der Waals surface area contributed by atoms with E-state index in [1.165, 1.54) is 13.8 Å². The number of carbonyl (C=O) groups excluding carboxylic acids is 1. The van der Waals surface area contributed by atoms with Gasteiger partial charge in [0.05, 0.1) is 13.2 Å². The zero-order valence-electron chi connectivity index (χ0n) is 6.46. The Bertz CT molecular complexity index is 149. The van der Waals surface area contributed by atoms with E-state index in [0.717, 1.165) is 0 Å². The van der Waals surface area contributed by atoms with E-state index in [-0.39, 0.29) is 0 Å². The van der Waals surface area contributed by atoms with Gasteiger partial charge in [-0.1, -0.05) is 0 Å². The highest BCUT2D eigenvalue weighted by Crippen LogP contribution is 2.19. The summed E-state index contributed by atoms with van der Waals surface area (Å²) in [6, 6.07) is 0. The normalized spacial score (nSPS) is 21.6. The van der Waals surface area contributed by atoms with Gasteiger partial charge in [-0.3, -0.25) is 4.89 Å². The van der Waals surface area contributed by atoms with Crippen molar-refractivity contribution in [1.29, 1.82) is 0 Å². The number of carbonyl (C=O) groups is 1. The molecule has 0 aromatic heterocycles. The molecule has 0 aromatic rings. The van der Waals surface area contributed by atoms with Crippen molar-refractivity contribution in [3.8, 4) is 0 Å². The van der Waals surface area contributed by atoms with Crippen LogP contribution in [0.1, 0.15) is 13.8 Å². The summed E-state index contributed by atoms with van der Waals surface area (Å²) in [4.78, 5) is 19.1. The average Bonchev–Trinajstić information content (AvgIpc) is 2.33. The molecule has 0 atom stereocenters. The van der Waals surface area contributed by atoms with Gasteiger partial charge < -0.3 is 9.47 Å². The van der Waals surface area contributed by atoms with Gasteiger partial charge in [-0.05, 0) is 0 Å². The van der Waals surface area contributed by atoms with Gasteiger partial charge in [-0.2, -0.15) is 0 Å². The fourth-order valence-electron chi connectivity index (χ4n) is 0.678. The van der Waals surface area contributed by atoms with Crippen molar-refractivity contribution < 1.29 is 24.0 Å². The van der Waals surface area contributed by atoms with Crippen LogP contribution in [0.15, 0.2) is 0 Å². The summed E-state index contributed by atoms with van der Waals surface area (Å²) in [6.45, 7) is 3.65. The fourth-order valence-corrected chi connectivity index (χ4v) is 0.678. The molecule has 11 heavy (non-hydrogen) atoms. The van der Waals surface area contributed by atoms with Gasteiger partial charge in [0.1, 0.15) is 0 Å². The van der Waals surface area contributed by atoms with Crippen molar-refractivity contribution in [2.24, 2.45) is 0 Å². The standard InChI is InChI=1S/C6H10O5/c1-5(7)10-11-6(2)8-3-4-9-6/h3-4H2,1-2H3. The minimum absolute atomic E-state index is 0.442. The van der Waals surface area contributed by atoms with Crippen LogP contribution in [-0.2, 0) is 24.0 Å². The van der Waals surface area contributed by atoms with E-state index >= 15 is 0 Å². The maximum atomic E-state index is 10.3. The molecule has 1 aliphatic heterocycles. The summed E-state index contributed by atoms with van der Waals surface area (Å²) in [5, 5.41) is 0. The molecule has 0 N–H and O–H groups in total. The van der Waals surface area contributed by atoms with Crippen molar-refractivity contribution in [3.05, 3.63) is 0 Å². The highest BCUT2D eigenvalue weighted by Gasteiger charge is 2.34. The van der Waals surface area contributed by atoms with Crippen LogP contribution < -0.4 is 0 Å².